The number of hydrogen-bond donors (Lipinski definition) is 1. The molecule has 2 heterocycles. The number of nitrogens with one attached hydrogen (secondary N) is 1. The van der Waals surface area contributed by atoms with Gasteiger partial charge in [0, 0.05) is 18.0 Å². The third kappa shape index (κ3) is 5.02. The predicted molar refractivity (Wildman–Crippen MR) is 124 cm³/mol. The largest absolute Gasteiger partial charge is 0.347 e. The number of hydrogen-bond acceptors (Lipinski definition) is 5. The maximum absolute atomic E-state index is 13.4. The Hall–Kier alpha value is -1.77. The molecular weight excluding hydrogens is 430 g/mol. The van der Waals surface area contributed by atoms with E-state index in [2.05, 4.69) is 10.3 Å². The number of benzene rings is 1. The molecule has 1 aliphatic carbocycles. The van der Waals surface area contributed by atoms with Crippen LogP contribution in [0.4, 0.5) is 0 Å². The number of aromatic nitrogens is 1. The average molecular weight is 462 g/mol. The Morgan fingerprint density at radius 3 is 2.55 bits per heavy atom. The van der Waals surface area contributed by atoms with E-state index in [0.29, 0.717) is 18.8 Å². The minimum absolute atomic E-state index is 0.207. The quantitative estimate of drug-likeness (QED) is 0.683. The molecule has 0 radical (unpaired) electrons. The molecule has 0 bridgehead atoms. The van der Waals surface area contributed by atoms with Gasteiger partial charge in [0.15, 0.2) is 0 Å². The zero-order valence-corrected chi connectivity index (χ0v) is 19.7. The van der Waals surface area contributed by atoms with Crippen LogP contribution in [0.5, 0.6) is 0 Å². The van der Waals surface area contributed by atoms with E-state index in [-0.39, 0.29) is 17.2 Å². The van der Waals surface area contributed by atoms with Crippen LogP contribution in [0, 0.1) is 6.92 Å². The molecule has 1 amide bonds. The van der Waals surface area contributed by atoms with E-state index in [4.69, 9.17) is 0 Å². The van der Waals surface area contributed by atoms with Gasteiger partial charge >= 0.3 is 0 Å². The predicted octanol–water partition coefficient (Wildman–Crippen LogP) is 4.57. The van der Waals surface area contributed by atoms with Crippen molar-refractivity contribution in [2.45, 2.75) is 76.1 Å². The fourth-order valence-electron chi connectivity index (χ4n) is 4.64. The summed E-state index contributed by atoms with van der Waals surface area (Å²) in [5.74, 6) is -0.207. The van der Waals surface area contributed by atoms with Crippen LogP contribution in [0.2, 0.25) is 0 Å². The van der Waals surface area contributed by atoms with Crippen molar-refractivity contribution in [1.82, 2.24) is 14.6 Å². The molecule has 0 spiro atoms. The lowest BCUT2D eigenvalue weighted by atomic mass is 10.0. The maximum atomic E-state index is 13.4. The van der Waals surface area contributed by atoms with Crippen LogP contribution in [0.1, 0.15) is 83.3 Å². The number of rotatable bonds is 6. The molecule has 31 heavy (non-hydrogen) atoms. The van der Waals surface area contributed by atoms with Crippen molar-refractivity contribution < 1.29 is 13.2 Å². The fourth-order valence-corrected chi connectivity index (χ4v) is 8.03. The standard InChI is InChI=1S/C23H31N3O3S2/c1-17-21(22(27)24-16-18-10-4-2-5-11-18)25-23(30-17)20-14-8-9-15-26(20)31(28,29)19-12-6-3-7-13-19/h2,4-5,10-11,19-20H,3,6-9,12-16H2,1H3,(H,24,27). The summed E-state index contributed by atoms with van der Waals surface area (Å²) in [6.07, 6.45) is 7.26. The van der Waals surface area contributed by atoms with E-state index in [9.17, 15) is 13.2 Å². The first-order chi connectivity index (χ1) is 15.0. The average Bonchev–Trinajstić information content (AvgIpc) is 3.20. The van der Waals surface area contributed by atoms with Crippen LogP contribution in [-0.4, -0.2) is 35.4 Å². The van der Waals surface area contributed by atoms with Crippen LogP contribution in [0.25, 0.3) is 0 Å². The second-order valence-corrected chi connectivity index (χ2v) is 12.0. The third-order valence-corrected chi connectivity index (χ3v) is 9.84. The molecular formula is C23H31N3O3S2. The van der Waals surface area contributed by atoms with E-state index in [1.165, 1.54) is 11.3 Å². The number of thiazole rings is 1. The molecule has 2 aliphatic rings. The summed E-state index contributed by atoms with van der Waals surface area (Å²) in [6.45, 7) is 2.89. The van der Waals surface area contributed by atoms with Crippen LogP contribution in [0.3, 0.4) is 0 Å². The van der Waals surface area contributed by atoms with Crippen molar-refractivity contribution >= 4 is 27.3 Å². The molecule has 168 valence electrons. The lowest BCUT2D eigenvalue weighted by molar-refractivity contribution is 0.0945. The van der Waals surface area contributed by atoms with E-state index in [1.807, 2.05) is 37.3 Å². The fraction of sp³-hybridized carbons (Fsp3) is 0.565. The van der Waals surface area contributed by atoms with E-state index >= 15 is 0 Å². The summed E-state index contributed by atoms with van der Waals surface area (Å²) in [7, 11) is -3.35. The van der Waals surface area contributed by atoms with Crippen molar-refractivity contribution in [1.29, 1.82) is 0 Å². The van der Waals surface area contributed by atoms with Gasteiger partial charge in [0.2, 0.25) is 10.0 Å². The maximum Gasteiger partial charge on any atom is 0.271 e. The first-order valence-electron chi connectivity index (χ1n) is 11.3. The van der Waals surface area contributed by atoms with Gasteiger partial charge < -0.3 is 5.32 Å². The highest BCUT2D eigenvalue weighted by Crippen LogP contribution is 2.39. The summed E-state index contributed by atoms with van der Waals surface area (Å²) in [6, 6.07) is 9.51. The Kier molecular flexibility index (Phi) is 7.08. The lowest BCUT2D eigenvalue weighted by Gasteiger charge is -2.37. The first-order valence-corrected chi connectivity index (χ1v) is 13.6. The molecule has 1 unspecified atom stereocenters. The molecule has 4 rings (SSSR count). The molecule has 1 N–H and O–H groups in total. The molecule has 1 saturated heterocycles. The molecule has 8 heteroatoms. The highest BCUT2D eigenvalue weighted by molar-refractivity contribution is 7.89. The first kappa shape index (κ1) is 22.4. The van der Waals surface area contributed by atoms with Crippen molar-refractivity contribution in [3.8, 4) is 0 Å². The van der Waals surface area contributed by atoms with Gasteiger partial charge in [0.25, 0.3) is 5.91 Å². The van der Waals surface area contributed by atoms with Gasteiger partial charge in [-0.3, -0.25) is 4.79 Å². The van der Waals surface area contributed by atoms with Crippen LogP contribution < -0.4 is 5.32 Å². The Labute approximate surface area is 189 Å². The summed E-state index contributed by atoms with van der Waals surface area (Å²) in [5.41, 5.74) is 1.44. The number of carbonyl (C=O) groups excluding carboxylic acids is 1. The summed E-state index contributed by atoms with van der Waals surface area (Å²) in [5, 5.41) is 3.42. The van der Waals surface area contributed by atoms with Gasteiger partial charge in [0.1, 0.15) is 10.7 Å². The molecule has 1 saturated carbocycles. The zero-order valence-electron chi connectivity index (χ0n) is 18.0. The Morgan fingerprint density at radius 2 is 1.81 bits per heavy atom. The minimum atomic E-state index is -3.35. The van der Waals surface area contributed by atoms with Gasteiger partial charge in [-0.15, -0.1) is 11.3 Å². The number of piperidine rings is 1. The van der Waals surface area contributed by atoms with Gasteiger partial charge in [-0.25, -0.2) is 13.4 Å². The number of sulfonamides is 1. The van der Waals surface area contributed by atoms with Gasteiger partial charge in [-0.2, -0.15) is 4.31 Å². The normalized spacial score (nSPS) is 21.1. The monoisotopic (exact) mass is 461 g/mol. The third-order valence-electron chi connectivity index (χ3n) is 6.36. The smallest absolute Gasteiger partial charge is 0.271 e. The summed E-state index contributed by atoms with van der Waals surface area (Å²) < 4.78 is 28.6. The number of carbonyl (C=O) groups is 1. The summed E-state index contributed by atoms with van der Waals surface area (Å²) >= 11 is 1.46. The molecule has 1 aliphatic heterocycles. The SMILES string of the molecule is Cc1sc(C2CCCCN2S(=O)(=O)C2CCCCC2)nc1C(=O)NCc1ccccc1. The van der Waals surface area contributed by atoms with E-state index in [0.717, 1.165) is 66.8 Å². The van der Waals surface area contributed by atoms with Crippen LogP contribution >= 0.6 is 11.3 Å². The van der Waals surface area contributed by atoms with Crippen LogP contribution in [-0.2, 0) is 16.6 Å². The van der Waals surface area contributed by atoms with Crippen molar-refractivity contribution in [3.05, 3.63) is 51.5 Å². The van der Waals surface area contributed by atoms with Crippen molar-refractivity contribution in [2.75, 3.05) is 6.54 Å². The lowest BCUT2D eigenvalue weighted by Crippen LogP contribution is -2.44. The Morgan fingerprint density at radius 1 is 1.10 bits per heavy atom. The number of nitrogens with zero attached hydrogens (tertiary/aromatic N) is 2. The molecule has 2 fully saturated rings. The van der Waals surface area contributed by atoms with Gasteiger partial charge in [-0.1, -0.05) is 56.0 Å². The van der Waals surface area contributed by atoms with Crippen molar-refractivity contribution in [2.24, 2.45) is 0 Å². The Bertz CT molecular complexity index is 998. The van der Waals surface area contributed by atoms with Crippen molar-refractivity contribution in [3.63, 3.8) is 0 Å². The molecule has 1 aromatic carbocycles. The summed E-state index contributed by atoms with van der Waals surface area (Å²) in [4.78, 5) is 18.3. The second-order valence-electron chi connectivity index (χ2n) is 8.55. The molecule has 2 aromatic rings. The number of amides is 1. The molecule has 1 aromatic heterocycles. The van der Waals surface area contributed by atoms with Gasteiger partial charge in [-0.05, 0) is 38.2 Å². The number of aryl methyl sites for hydroxylation is 1. The second kappa shape index (κ2) is 9.79. The van der Waals surface area contributed by atoms with Gasteiger partial charge in [0.05, 0.1) is 11.3 Å². The highest BCUT2D eigenvalue weighted by atomic mass is 32.2. The van der Waals surface area contributed by atoms with Crippen LogP contribution in [0.15, 0.2) is 30.3 Å². The Balaban J connectivity index is 1.52. The minimum Gasteiger partial charge on any atom is -0.347 e. The zero-order chi connectivity index (χ0) is 21.8. The highest BCUT2D eigenvalue weighted by Gasteiger charge is 2.40. The van der Waals surface area contributed by atoms with E-state index < -0.39 is 10.0 Å². The topological polar surface area (TPSA) is 79.4 Å². The van der Waals surface area contributed by atoms with E-state index in [1.54, 1.807) is 4.31 Å². The molecule has 1 atom stereocenters. The molecule has 6 nitrogen and oxygen atoms in total.